The first-order valence-corrected chi connectivity index (χ1v) is 11.3. The van der Waals surface area contributed by atoms with Gasteiger partial charge in [-0.05, 0) is 50.1 Å². The average molecular weight is 449 g/mol. The Balaban J connectivity index is 1.88. The minimum Gasteiger partial charge on any atom is -0.495 e. The molecule has 1 atom stereocenters. The van der Waals surface area contributed by atoms with E-state index in [-0.39, 0.29) is 12.1 Å². The van der Waals surface area contributed by atoms with Crippen LogP contribution in [0.15, 0.2) is 48.9 Å². The van der Waals surface area contributed by atoms with E-state index in [2.05, 4.69) is 38.9 Å². The van der Waals surface area contributed by atoms with Gasteiger partial charge in [0.1, 0.15) is 11.6 Å². The third kappa shape index (κ3) is 6.41. The predicted octanol–water partition coefficient (Wildman–Crippen LogP) is 5.34. The molecule has 1 aromatic carbocycles. The number of anilines is 2. The van der Waals surface area contributed by atoms with Crippen LogP contribution in [0.1, 0.15) is 50.3 Å². The second-order valence-electron chi connectivity index (χ2n) is 7.75. The summed E-state index contributed by atoms with van der Waals surface area (Å²) in [5, 5.41) is 9.10. The van der Waals surface area contributed by atoms with Gasteiger partial charge in [0.2, 0.25) is 0 Å². The van der Waals surface area contributed by atoms with E-state index in [0.29, 0.717) is 23.8 Å². The molecule has 3 aromatic rings. The number of aromatic nitrogens is 3. The Labute approximate surface area is 195 Å². The van der Waals surface area contributed by atoms with Crippen molar-refractivity contribution in [3.05, 3.63) is 60.0 Å². The number of unbranched alkanes of at least 4 members (excludes halogenated alkanes) is 1. The number of hydrogen-bond donors (Lipinski definition) is 3. The number of nitrogens with zero attached hydrogens (tertiary/aromatic N) is 3. The van der Waals surface area contributed by atoms with E-state index >= 15 is 0 Å². The van der Waals surface area contributed by atoms with Crippen LogP contribution < -0.4 is 20.7 Å². The van der Waals surface area contributed by atoms with Crippen LogP contribution in [-0.2, 0) is 0 Å². The van der Waals surface area contributed by atoms with E-state index in [1.54, 1.807) is 19.4 Å². The monoisotopic (exact) mass is 448 g/mol. The number of nitrogens with one attached hydrogen (secondary N) is 3. The highest BCUT2D eigenvalue weighted by atomic mass is 16.5. The van der Waals surface area contributed by atoms with E-state index < -0.39 is 0 Å². The molecule has 8 nitrogen and oxygen atoms in total. The summed E-state index contributed by atoms with van der Waals surface area (Å²) < 4.78 is 5.49. The van der Waals surface area contributed by atoms with Crippen LogP contribution in [0.2, 0.25) is 0 Å². The molecule has 0 spiro atoms. The van der Waals surface area contributed by atoms with Crippen molar-refractivity contribution in [3.8, 4) is 17.1 Å². The van der Waals surface area contributed by atoms with Crippen molar-refractivity contribution in [3.63, 3.8) is 0 Å². The Hall–Kier alpha value is -3.68. The molecule has 3 rings (SSSR count). The highest BCUT2D eigenvalue weighted by Gasteiger charge is 2.16. The van der Waals surface area contributed by atoms with Gasteiger partial charge in [-0.1, -0.05) is 25.8 Å². The van der Waals surface area contributed by atoms with Crippen LogP contribution in [0.5, 0.6) is 5.75 Å². The van der Waals surface area contributed by atoms with Gasteiger partial charge in [-0.3, -0.25) is 4.98 Å². The lowest BCUT2D eigenvalue weighted by atomic mass is 10.0. The van der Waals surface area contributed by atoms with Crippen LogP contribution in [0, 0.1) is 6.92 Å². The number of carbonyl (C=O) groups excluding carboxylic acids is 1. The Morgan fingerprint density at radius 3 is 2.73 bits per heavy atom. The predicted molar refractivity (Wildman–Crippen MR) is 132 cm³/mol. The van der Waals surface area contributed by atoms with Crippen LogP contribution >= 0.6 is 0 Å². The Morgan fingerprint density at radius 1 is 1.18 bits per heavy atom. The summed E-state index contributed by atoms with van der Waals surface area (Å²) in [6, 6.07) is 9.35. The Kier molecular flexibility index (Phi) is 8.57. The molecule has 33 heavy (non-hydrogen) atoms. The van der Waals surface area contributed by atoms with E-state index in [0.717, 1.165) is 41.8 Å². The minimum absolute atomic E-state index is 0.110. The molecule has 2 amide bonds. The topological polar surface area (TPSA) is 101 Å². The van der Waals surface area contributed by atoms with Crippen LogP contribution in [-0.4, -0.2) is 34.6 Å². The highest BCUT2D eigenvalue weighted by molar-refractivity contribution is 5.91. The number of carbonyl (C=O) groups is 1. The lowest BCUT2D eigenvalue weighted by Gasteiger charge is -2.21. The molecule has 0 saturated heterocycles. The van der Waals surface area contributed by atoms with Crippen molar-refractivity contribution in [2.45, 2.75) is 46.1 Å². The van der Waals surface area contributed by atoms with Gasteiger partial charge in [-0.2, -0.15) is 0 Å². The lowest BCUT2D eigenvalue weighted by molar-refractivity contribution is 0.252. The second-order valence-corrected chi connectivity index (χ2v) is 7.75. The maximum atomic E-state index is 11.9. The summed E-state index contributed by atoms with van der Waals surface area (Å²) in [6.07, 6.45) is 8.69. The summed E-state index contributed by atoms with van der Waals surface area (Å²) in [7, 11) is 1.57. The fourth-order valence-electron chi connectivity index (χ4n) is 3.47. The van der Waals surface area contributed by atoms with E-state index in [1.807, 2.05) is 44.4 Å². The molecule has 0 fully saturated rings. The number of benzene rings is 1. The molecule has 0 radical (unpaired) electrons. The van der Waals surface area contributed by atoms with Crippen LogP contribution in [0.25, 0.3) is 11.4 Å². The first-order chi connectivity index (χ1) is 16.0. The average Bonchev–Trinajstić information content (AvgIpc) is 2.83. The van der Waals surface area contributed by atoms with E-state index in [1.165, 1.54) is 0 Å². The highest BCUT2D eigenvalue weighted by Crippen LogP contribution is 2.31. The van der Waals surface area contributed by atoms with Gasteiger partial charge in [0.25, 0.3) is 0 Å². The normalized spacial score (nSPS) is 11.5. The molecule has 2 heterocycles. The van der Waals surface area contributed by atoms with Crippen LogP contribution in [0.3, 0.4) is 0 Å². The molecular formula is C25H32N6O2. The summed E-state index contributed by atoms with van der Waals surface area (Å²) in [5.74, 6) is 1.90. The molecule has 0 aliphatic carbocycles. The molecule has 0 unspecified atom stereocenters. The number of urea groups is 1. The zero-order valence-corrected chi connectivity index (χ0v) is 19.7. The van der Waals surface area contributed by atoms with Gasteiger partial charge in [0.05, 0.1) is 18.8 Å². The number of amides is 2. The van der Waals surface area contributed by atoms with Gasteiger partial charge in [0, 0.05) is 36.3 Å². The first kappa shape index (κ1) is 24.0. The van der Waals surface area contributed by atoms with Crippen molar-refractivity contribution in [1.29, 1.82) is 0 Å². The van der Waals surface area contributed by atoms with Gasteiger partial charge in [-0.25, -0.2) is 14.8 Å². The first-order valence-electron chi connectivity index (χ1n) is 11.3. The van der Waals surface area contributed by atoms with Crippen molar-refractivity contribution in [1.82, 2.24) is 20.3 Å². The van der Waals surface area contributed by atoms with Crippen molar-refractivity contribution in [2.24, 2.45) is 0 Å². The van der Waals surface area contributed by atoms with Gasteiger partial charge in [-0.15, -0.1) is 0 Å². The van der Waals surface area contributed by atoms with Gasteiger partial charge < -0.3 is 20.7 Å². The molecule has 2 aromatic heterocycles. The molecular weight excluding hydrogens is 416 g/mol. The maximum Gasteiger partial charge on any atom is 0.319 e. The molecule has 8 heteroatoms. The SMILES string of the molecule is CCCC[C@H](Nc1nc(-c2ccc(NC(=O)NCC)c(OC)c2)ncc1C)c1cccnc1. The van der Waals surface area contributed by atoms with E-state index in [9.17, 15) is 4.79 Å². The number of ether oxygens (including phenoxy) is 1. The Bertz CT molecular complexity index is 1060. The smallest absolute Gasteiger partial charge is 0.319 e. The summed E-state index contributed by atoms with van der Waals surface area (Å²) in [5.41, 5.74) is 3.47. The second kappa shape index (κ2) is 11.8. The summed E-state index contributed by atoms with van der Waals surface area (Å²) in [6.45, 7) is 6.58. The number of pyridine rings is 1. The van der Waals surface area contributed by atoms with Gasteiger partial charge in [0.15, 0.2) is 5.82 Å². The Morgan fingerprint density at radius 2 is 2.03 bits per heavy atom. The number of rotatable bonds is 10. The zero-order chi connectivity index (χ0) is 23.6. The summed E-state index contributed by atoms with van der Waals surface area (Å²) in [4.78, 5) is 25.5. The quantitative estimate of drug-likeness (QED) is 0.387. The zero-order valence-electron chi connectivity index (χ0n) is 19.7. The third-order valence-corrected chi connectivity index (χ3v) is 5.26. The number of aryl methyl sites for hydroxylation is 1. The fourth-order valence-corrected chi connectivity index (χ4v) is 3.47. The maximum absolute atomic E-state index is 11.9. The largest absolute Gasteiger partial charge is 0.495 e. The van der Waals surface area contributed by atoms with E-state index in [4.69, 9.17) is 9.72 Å². The number of hydrogen-bond acceptors (Lipinski definition) is 6. The van der Waals surface area contributed by atoms with Crippen molar-refractivity contribution in [2.75, 3.05) is 24.3 Å². The standard InChI is InChI=1S/C25H32N6O2/c1-5-7-10-20(19-9-8-13-26-16-19)29-23-17(3)15-28-24(31-23)18-11-12-21(22(14-18)33-4)30-25(32)27-6-2/h8-9,11-16,20H,5-7,10H2,1-4H3,(H2,27,30,32)(H,28,29,31)/t20-/m0/s1. The molecule has 0 aliphatic rings. The molecule has 0 aliphatic heterocycles. The minimum atomic E-state index is -0.282. The van der Waals surface area contributed by atoms with Crippen molar-refractivity contribution < 1.29 is 9.53 Å². The third-order valence-electron chi connectivity index (χ3n) is 5.26. The molecule has 0 saturated carbocycles. The summed E-state index contributed by atoms with van der Waals surface area (Å²) >= 11 is 0. The number of methoxy groups -OCH3 is 1. The molecule has 3 N–H and O–H groups in total. The lowest BCUT2D eigenvalue weighted by Crippen LogP contribution is -2.28. The van der Waals surface area contributed by atoms with Crippen LogP contribution in [0.4, 0.5) is 16.3 Å². The molecule has 174 valence electrons. The molecule has 0 bridgehead atoms. The fraction of sp³-hybridized carbons (Fsp3) is 0.360. The van der Waals surface area contributed by atoms with Crippen molar-refractivity contribution >= 4 is 17.5 Å². The van der Waals surface area contributed by atoms with Gasteiger partial charge >= 0.3 is 6.03 Å².